The molecule has 2 rings (SSSR count). The Hall–Kier alpha value is -0.950. The maximum atomic E-state index is 12.1. The van der Waals surface area contributed by atoms with Gasteiger partial charge in [0.05, 0.1) is 16.5 Å². The second-order valence-electron chi connectivity index (χ2n) is 4.74. The zero-order valence-electron chi connectivity index (χ0n) is 11.9. The molecule has 1 N–H and O–H groups in total. The first-order valence-electron chi connectivity index (χ1n) is 6.51. The first kappa shape index (κ1) is 16.4. The number of hydrogen-bond acceptors (Lipinski definition) is 4. The number of sulfonamides is 1. The topological polar surface area (TPSA) is 59.1 Å². The lowest BCUT2D eigenvalue weighted by atomic mass is 10.2. The molecule has 0 aliphatic heterocycles. The third kappa shape index (κ3) is 4.78. The number of hydrogen-bond donors (Lipinski definition) is 1. The van der Waals surface area contributed by atoms with Gasteiger partial charge in [-0.3, -0.25) is 0 Å². The van der Waals surface area contributed by atoms with Crippen LogP contribution in [-0.4, -0.2) is 19.9 Å². The van der Waals surface area contributed by atoms with Gasteiger partial charge in [0.15, 0.2) is 0 Å². The molecule has 1 heterocycles. The van der Waals surface area contributed by atoms with Gasteiger partial charge >= 0.3 is 0 Å². The van der Waals surface area contributed by atoms with Crippen molar-refractivity contribution in [1.29, 1.82) is 0 Å². The van der Waals surface area contributed by atoms with E-state index in [0.29, 0.717) is 23.6 Å². The molecule has 0 unspecified atom stereocenters. The van der Waals surface area contributed by atoms with E-state index in [1.54, 1.807) is 35.6 Å². The van der Waals surface area contributed by atoms with E-state index in [1.165, 1.54) is 0 Å². The highest BCUT2D eigenvalue weighted by Crippen LogP contribution is 2.18. The molecule has 0 amide bonds. The Kier molecular flexibility index (Phi) is 5.37. The van der Waals surface area contributed by atoms with E-state index in [-0.39, 0.29) is 5.75 Å². The standard InChI is InChI=1S/C14H17ClN2O2S2/c1-10-14(20-11(2)17-10)7-8-16-21(18,19)9-12-5-3-4-6-13(12)15/h3-6,16H,7-9H2,1-2H3. The maximum absolute atomic E-state index is 12.1. The molecule has 4 nitrogen and oxygen atoms in total. The lowest BCUT2D eigenvalue weighted by Crippen LogP contribution is -2.27. The van der Waals surface area contributed by atoms with E-state index in [1.807, 2.05) is 13.8 Å². The summed E-state index contributed by atoms with van der Waals surface area (Å²) in [6.45, 7) is 4.26. The highest BCUT2D eigenvalue weighted by molar-refractivity contribution is 7.88. The van der Waals surface area contributed by atoms with Crippen molar-refractivity contribution >= 4 is 33.0 Å². The van der Waals surface area contributed by atoms with Crippen LogP contribution in [0.4, 0.5) is 0 Å². The molecule has 0 aliphatic rings. The van der Waals surface area contributed by atoms with E-state index in [9.17, 15) is 8.42 Å². The predicted molar refractivity (Wildman–Crippen MR) is 87.4 cm³/mol. The fourth-order valence-corrected chi connectivity index (χ4v) is 4.39. The Morgan fingerprint density at radius 1 is 1.29 bits per heavy atom. The van der Waals surface area contributed by atoms with E-state index < -0.39 is 10.0 Å². The summed E-state index contributed by atoms with van der Waals surface area (Å²) in [5.41, 5.74) is 1.58. The number of aryl methyl sites for hydroxylation is 2. The van der Waals surface area contributed by atoms with Gasteiger partial charge in [0.2, 0.25) is 10.0 Å². The van der Waals surface area contributed by atoms with E-state index >= 15 is 0 Å². The van der Waals surface area contributed by atoms with Gasteiger partial charge in [-0.1, -0.05) is 29.8 Å². The van der Waals surface area contributed by atoms with Crippen LogP contribution in [0.3, 0.4) is 0 Å². The lowest BCUT2D eigenvalue weighted by Gasteiger charge is -2.07. The van der Waals surface area contributed by atoms with Gasteiger partial charge in [-0.15, -0.1) is 11.3 Å². The number of benzene rings is 1. The monoisotopic (exact) mass is 344 g/mol. The van der Waals surface area contributed by atoms with Gasteiger partial charge in [-0.05, 0) is 31.9 Å². The largest absolute Gasteiger partial charge is 0.247 e. The molecule has 0 saturated carbocycles. The molecular weight excluding hydrogens is 328 g/mol. The van der Waals surface area contributed by atoms with Gasteiger partial charge in [0.25, 0.3) is 0 Å². The molecule has 0 radical (unpaired) electrons. The van der Waals surface area contributed by atoms with Crippen LogP contribution in [0.2, 0.25) is 5.02 Å². The molecule has 0 aliphatic carbocycles. The van der Waals surface area contributed by atoms with Crippen LogP contribution in [0.25, 0.3) is 0 Å². The van der Waals surface area contributed by atoms with Crippen molar-refractivity contribution in [3.63, 3.8) is 0 Å². The Morgan fingerprint density at radius 3 is 2.62 bits per heavy atom. The second kappa shape index (κ2) is 6.87. The molecule has 0 fully saturated rings. The van der Waals surface area contributed by atoms with E-state index in [2.05, 4.69) is 9.71 Å². The molecule has 1 aromatic heterocycles. The molecule has 1 aromatic carbocycles. The van der Waals surface area contributed by atoms with E-state index in [4.69, 9.17) is 11.6 Å². The fraction of sp³-hybridized carbons (Fsp3) is 0.357. The number of thiazole rings is 1. The van der Waals surface area contributed by atoms with Gasteiger partial charge in [0, 0.05) is 16.4 Å². The van der Waals surface area contributed by atoms with Crippen LogP contribution in [0.15, 0.2) is 24.3 Å². The van der Waals surface area contributed by atoms with Crippen molar-refractivity contribution in [1.82, 2.24) is 9.71 Å². The predicted octanol–water partition coefficient (Wildman–Crippen LogP) is 3.08. The molecule has 7 heteroatoms. The number of aromatic nitrogens is 1. The maximum Gasteiger partial charge on any atom is 0.215 e. The Labute approximate surface area is 134 Å². The average molecular weight is 345 g/mol. The third-order valence-corrected chi connectivity index (χ3v) is 5.81. The van der Waals surface area contributed by atoms with Crippen molar-refractivity contribution < 1.29 is 8.42 Å². The highest BCUT2D eigenvalue weighted by atomic mass is 35.5. The summed E-state index contributed by atoms with van der Waals surface area (Å²) in [7, 11) is -3.38. The number of rotatable bonds is 6. The molecular formula is C14H17ClN2O2S2. The van der Waals surface area contributed by atoms with Crippen LogP contribution >= 0.6 is 22.9 Å². The summed E-state index contributed by atoms with van der Waals surface area (Å²) in [6, 6.07) is 6.97. The molecule has 0 saturated heterocycles. The fourth-order valence-electron chi connectivity index (χ4n) is 2.00. The van der Waals surface area contributed by atoms with Crippen LogP contribution in [-0.2, 0) is 22.2 Å². The van der Waals surface area contributed by atoms with Crippen molar-refractivity contribution in [3.8, 4) is 0 Å². The quantitative estimate of drug-likeness (QED) is 0.876. The lowest BCUT2D eigenvalue weighted by molar-refractivity contribution is 0.581. The Morgan fingerprint density at radius 2 is 2.00 bits per heavy atom. The van der Waals surface area contributed by atoms with Gasteiger partial charge < -0.3 is 0 Å². The summed E-state index contributed by atoms with van der Waals surface area (Å²) in [4.78, 5) is 5.45. The van der Waals surface area contributed by atoms with Crippen LogP contribution in [0.1, 0.15) is 21.1 Å². The zero-order chi connectivity index (χ0) is 15.5. The molecule has 21 heavy (non-hydrogen) atoms. The second-order valence-corrected chi connectivity index (χ2v) is 8.24. The molecule has 114 valence electrons. The minimum absolute atomic E-state index is 0.104. The summed E-state index contributed by atoms with van der Waals surface area (Å²) < 4.78 is 26.7. The van der Waals surface area contributed by atoms with Crippen molar-refractivity contribution in [3.05, 3.63) is 50.4 Å². The number of nitrogens with one attached hydrogen (secondary N) is 1. The number of halogens is 1. The third-order valence-electron chi connectivity index (χ3n) is 2.98. The normalized spacial score (nSPS) is 11.8. The van der Waals surface area contributed by atoms with E-state index in [0.717, 1.165) is 15.6 Å². The van der Waals surface area contributed by atoms with Gasteiger partial charge in [-0.25, -0.2) is 18.1 Å². The summed E-state index contributed by atoms with van der Waals surface area (Å²) in [5.74, 6) is -0.104. The first-order valence-corrected chi connectivity index (χ1v) is 9.36. The number of nitrogens with zero attached hydrogens (tertiary/aromatic N) is 1. The smallest absolute Gasteiger partial charge is 0.215 e. The Balaban J connectivity index is 1.93. The van der Waals surface area contributed by atoms with Crippen molar-refractivity contribution in [2.45, 2.75) is 26.0 Å². The highest BCUT2D eigenvalue weighted by Gasteiger charge is 2.14. The summed E-state index contributed by atoms with van der Waals surface area (Å²) in [6.07, 6.45) is 0.652. The summed E-state index contributed by atoms with van der Waals surface area (Å²) >= 11 is 7.59. The van der Waals surface area contributed by atoms with Crippen molar-refractivity contribution in [2.75, 3.05) is 6.54 Å². The SMILES string of the molecule is Cc1nc(C)c(CCNS(=O)(=O)Cc2ccccc2Cl)s1. The minimum atomic E-state index is -3.38. The van der Waals surface area contributed by atoms with Gasteiger partial charge in [-0.2, -0.15) is 0 Å². The van der Waals surface area contributed by atoms with Crippen molar-refractivity contribution in [2.24, 2.45) is 0 Å². The van der Waals surface area contributed by atoms with Gasteiger partial charge in [0.1, 0.15) is 0 Å². The molecule has 0 bridgehead atoms. The molecule has 2 aromatic rings. The minimum Gasteiger partial charge on any atom is -0.247 e. The zero-order valence-corrected chi connectivity index (χ0v) is 14.3. The summed E-state index contributed by atoms with van der Waals surface area (Å²) in [5, 5.41) is 1.47. The van der Waals surface area contributed by atoms with Crippen LogP contribution in [0.5, 0.6) is 0 Å². The average Bonchev–Trinajstić information content (AvgIpc) is 2.70. The molecule has 0 atom stereocenters. The van der Waals surface area contributed by atoms with Crippen LogP contribution in [0, 0.1) is 13.8 Å². The first-order chi connectivity index (χ1) is 9.87. The van der Waals surface area contributed by atoms with Crippen LogP contribution < -0.4 is 4.72 Å². The molecule has 0 spiro atoms. The Bertz CT molecular complexity index is 726.